The molecule has 7 heteroatoms. The lowest BCUT2D eigenvalue weighted by atomic mass is 10.2. The van der Waals surface area contributed by atoms with Gasteiger partial charge < -0.3 is 5.32 Å². The third-order valence-electron chi connectivity index (χ3n) is 3.33. The summed E-state index contributed by atoms with van der Waals surface area (Å²) in [6.07, 6.45) is 0. The second-order valence-corrected chi connectivity index (χ2v) is 6.71. The molecule has 24 heavy (non-hydrogen) atoms. The van der Waals surface area contributed by atoms with Crippen LogP contribution in [0.4, 0.5) is 10.2 Å². The maximum atomic E-state index is 14.0. The van der Waals surface area contributed by atoms with Gasteiger partial charge in [0.05, 0.1) is 11.3 Å². The highest BCUT2D eigenvalue weighted by Gasteiger charge is 2.16. The van der Waals surface area contributed by atoms with Gasteiger partial charge in [-0.2, -0.15) is 5.10 Å². The highest BCUT2D eigenvalue weighted by atomic mass is 127. The van der Waals surface area contributed by atoms with E-state index in [0.717, 1.165) is 3.57 Å². The summed E-state index contributed by atoms with van der Waals surface area (Å²) in [6.45, 7) is 1.78. The molecule has 0 saturated carbocycles. The first-order chi connectivity index (χ1) is 11.5. The van der Waals surface area contributed by atoms with E-state index in [0.29, 0.717) is 22.1 Å². The molecule has 0 aliphatic rings. The van der Waals surface area contributed by atoms with Crippen LogP contribution in [-0.2, 0) is 0 Å². The Morgan fingerprint density at radius 3 is 2.71 bits per heavy atom. The predicted octanol–water partition coefficient (Wildman–Crippen LogP) is 4.83. The van der Waals surface area contributed by atoms with Crippen LogP contribution in [0.1, 0.15) is 16.1 Å². The highest BCUT2D eigenvalue weighted by Crippen LogP contribution is 2.22. The van der Waals surface area contributed by atoms with Crippen molar-refractivity contribution in [3.63, 3.8) is 0 Å². The van der Waals surface area contributed by atoms with Crippen molar-refractivity contribution in [2.24, 2.45) is 0 Å². The number of aromatic nitrogens is 2. The summed E-state index contributed by atoms with van der Waals surface area (Å²) in [7, 11) is 0. The third-order valence-corrected chi connectivity index (χ3v) is 4.46. The second kappa shape index (κ2) is 6.90. The quantitative estimate of drug-likeness (QED) is 0.575. The van der Waals surface area contributed by atoms with E-state index in [1.54, 1.807) is 49.4 Å². The summed E-state index contributed by atoms with van der Waals surface area (Å²) in [6, 6.07) is 13.0. The summed E-state index contributed by atoms with van der Waals surface area (Å²) in [5.74, 6) is -0.334. The predicted molar refractivity (Wildman–Crippen MR) is 100 cm³/mol. The molecule has 0 aliphatic carbocycles. The molecular weight excluding hydrogens is 444 g/mol. The number of benzene rings is 2. The maximum Gasteiger partial charge on any atom is 0.257 e. The third kappa shape index (κ3) is 3.44. The second-order valence-electron chi connectivity index (χ2n) is 5.11. The maximum absolute atomic E-state index is 14.0. The Balaban J connectivity index is 1.96. The number of nitrogens with zero attached hydrogens (tertiary/aromatic N) is 2. The van der Waals surface area contributed by atoms with E-state index >= 15 is 0 Å². The van der Waals surface area contributed by atoms with Crippen LogP contribution in [0, 0.1) is 16.3 Å². The van der Waals surface area contributed by atoms with Crippen LogP contribution in [0.2, 0.25) is 5.02 Å². The van der Waals surface area contributed by atoms with E-state index in [-0.39, 0.29) is 11.6 Å². The van der Waals surface area contributed by atoms with Crippen molar-refractivity contribution in [3.05, 3.63) is 74.2 Å². The molecule has 0 atom stereocenters. The van der Waals surface area contributed by atoms with Gasteiger partial charge in [-0.05, 0) is 59.8 Å². The van der Waals surface area contributed by atoms with Gasteiger partial charge >= 0.3 is 0 Å². The van der Waals surface area contributed by atoms with Gasteiger partial charge in [0, 0.05) is 14.7 Å². The molecule has 3 rings (SSSR count). The number of amides is 1. The molecule has 1 heterocycles. The van der Waals surface area contributed by atoms with Gasteiger partial charge in [-0.1, -0.05) is 23.7 Å². The van der Waals surface area contributed by atoms with E-state index in [4.69, 9.17) is 11.6 Å². The largest absolute Gasteiger partial charge is 0.306 e. The molecule has 0 fully saturated rings. The Bertz CT molecular complexity index is 926. The Labute approximate surface area is 156 Å². The van der Waals surface area contributed by atoms with E-state index in [1.165, 1.54) is 10.7 Å². The van der Waals surface area contributed by atoms with Gasteiger partial charge in [0.25, 0.3) is 5.91 Å². The average Bonchev–Trinajstić information content (AvgIpc) is 2.87. The normalized spacial score (nSPS) is 10.7. The zero-order valence-corrected chi connectivity index (χ0v) is 15.5. The minimum atomic E-state index is -0.419. The minimum Gasteiger partial charge on any atom is -0.306 e. The highest BCUT2D eigenvalue weighted by molar-refractivity contribution is 14.1. The molecule has 122 valence electrons. The Morgan fingerprint density at radius 1 is 1.25 bits per heavy atom. The van der Waals surface area contributed by atoms with Crippen molar-refractivity contribution in [1.82, 2.24) is 9.78 Å². The number of rotatable bonds is 3. The number of anilines is 1. The number of carbonyl (C=O) groups is 1. The summed E-state index contributed by atoms with van der Waals surface area (Å²) < 4.78 is 16.2. The number of hydrogen-bond acceptors (Lipinski definition) is 2. The summed E-state index contributed by atoms with van der Waals surface area (Å²) in [4.78, 5) is 12.5. The SMILES string of the molecule is Cc1cc(NC(=O)c2ccc(Cl)cc2I)n(-c2ccccc2F)n1. The first kappa shape index (κ1) is 16.9. The van der Waals surface area contributed by atoms with E-state index < -0.39 is 5.82 Å². The zero-order valence-electron chi connectivity index (χ0n) is 12.6. The van der Waals surface area contributed by atoms with Crippen LogP contribution in [0.15, 0.2) is 48.5 Å². The Hall–Kier alpha value is -1.93. The fourth-order valence-electron chi connectivity index (χ4n) is 2.25. The molecule has 4 nitrogen and oxygen atoms in total. The lowest BCUT2D eigenvalue weighted by Crippen LogP contribution is -2.16. The first-order valence-electron chi connectivity index (χ1n) is 7.03. The smallest absolute Gasteiger partial charge is 0.257 e. The summed E-state index contributed by atoms with van der Waals surface area (Å²) >= 11 is 7.96. The number of para-hydroxylation sites is 1. The van der Waals surface area contributed by atoms with Gasteiger partial charge in [-0.25, -0.2) is 9.07 Å². The van der Waals surface area contributed by atoms with Crippen LogP contribution in [0.3, 0.4) is 0 Å². The molecule has 0 bridgehead atoms. The van der Waals surface area contributed by atoms with E-state index in [9.17, 15) is 9.18 Å². The van der Waals surface area contributed by atoms with Crippen LogP contribution in [0.25, 0.3) is 5.69 Å². The lowest BCUT2D eigenvalue weighted by Gasteiger charge is -2.10. The molecular formula is C17H12ClFIN3O. The Morgan fingerprint density at radius 2 is 2.00 bits per heavy atom. The van der Waals surface area contributed by atoms with Gasteiger partial charge in [0.15, 0.2) is 0 Å². The summed E-state index contributed by atoms with van der Waals surface area (Å²) in [5.41, 5.74) is 1.42. The number of aryl methyl sites for hydroxylation is 1. The standard InChI is InChI=1S/C17H12ClFIN3O/c1-10-8-16(23(22-10)15-5-3-2-4-13(15)19)21-17(24)12-7-6-11(18)9-14(12)20/h2-9H,1H3,(H,21,24). The lowest BCUT2D eigenvalue weighted by molar-refractivity contribution is 0.102. The van der Waals surface area contributed by atoms with Crippen molar-refractivity contribution < 1.29 is 9.18 Å². The number of hydrogen-bond donors (Lipinski definition) is 1. The molecule has 0 aliphatic heterocycles. The van der Waals surface area contributed by atoms with Crippen molar-refractivity contribution in [1.29, 1.82) is 0 Å². The topological polar surface area (TPSA) is 46.9 Å². The molecule has 0 spiro atoms. The van der Waals surface area contributed by atoms with Crippen LogP contribution < -0.4 is 5.32 Å². The molecule has 1 N–H and O–H groups in total. The van der Waals surface area contributed by atoms with Gasteiger partial charge in [-0.15, -0.1) is 0 Å². The molecule has 2 aromatic carbocycles. The number of nitrogens with one attached hydrogen (secondary N) is 1. The molecule has 1 aromatic heterocycles. The van der Waals surface area contributed by atoms with Crippen molar-refractivity contribution in [2.75, 3.05) is 5.32 Å². The van der Waals surface area contributed by atoms with E-state index in [2.05, 4.69) is 10.4 Å². The summed E-state index contributed by atoms with van der Waals surface area (Å²) in [5, 5.41) is 7.60. The molecule has 3 aromatic rings. The van der Waals surface area contributed by atoms with Crippen LogP contribution in [-0.4, -0.2) is 15.7 Å². The van der Waals surface area contributed by atoms with Gasteiger partial charge in [0.1, 0.15) is 17.3 Å². The van der Waals surface area contributed by atoms with Crippen LogP contribution >= 0.6 is 34.2 Å². The fraction of sp³-hybridized carbons (Fsp3) is 0.0588. The fourth-order valence-corrected chi connectivity index (χ4v) is 3.37. The van der Waals surface area contributed by atoms with Crippen molar-refractivity contribution >= 4 is 45.9 Å². The molecule has 0 unspecified atom stereocenters. The van der Waals surface area contributed by atoms with Crippen LogP contribution in [0.5, 0.6) is 0 Å². The average molecular weight is 456 g/mol. The van der Waals surface area contributed by atoms with Gasteiger partial charge in [-0.3, -0.25) is 4.79 Å². The minimum absolute atomic E-state index is 0.270. The molecule has 0 radical (unpaired) electrons. The number of carbonyl (C=O) groups excluding carboxylic acids is 1. The molecule has 0 saturated heterocycles. The van der Waals surface area contributed by atoms with Gasteiger partial charge in [0.2, 0.25) is 0 Å². The monoisotopic (exact) mass is 455 g/mol. The zero-order chi connectivity index (χ0) is 17.3. The van der Waals surface area contributed by atoms with Crippen molar-refractivity contribution in [3.8, 4) is 5.69 Å². The van der Waals surface area contributed by atoms with E-state index in [1.807, 2.05) is 22.6 Å². The van der Waals surface area contributed by atoms with Crippen molar-refractivity contribution in [2.45, 2.75) is 6.92 Å². The Kier molecular flexibility index (Phi) is 4.86. The molecule has 1 amide bonds. The number of halogens is 3. The first-order valence-corrected chi connectivity index (χ1v) is 8.49.